The van der Waals surface area contributed by atoms with Crippen LogP contribution < -0.4 is 5.56 Å². The van der Waals surface area contributed by atoms with Crippen molar-refractivity contribution < 1.29 is 9.84 Å². The van der Waals surface area contributed by atoms with Gasteiger partial charge in [0.25, 0.3) is 5.56 Å². The number of aromatic nitrogens is 4. The number of aliphatic hydroxyl groups excluding tert-OH is 1. The lowest BCUT2D eigenvalue weighted by Crippen LogP contribution is -2.22. The predicted octanol–water partition coefficient (Wildman–Crippen LogP) is 0.214. The third-order valence-electron chi connectivity index (χ3n) is 3.81. The highest BCUT2D eigenvalue weighted by molar-refractivity contribution is 5.69. The Balaban J connectivity index is 1.90. The van der Waals surface area contributed by atoms with Gasteiger partial charge in [0.2, 0.25) is 0 Å². The van der Waals surface area contributed by atoms with Crippen LogP contribution in [0.2, 0.25) is 0 Å². The Morgan fingerprint density at radius 1 is 1.60 bits per heavy atom. The predicted molar refractivity (Wildman–Crippen MR) is 72.4 cm³/mol. The lowest BCUT2D eigenvalue weighted by molar-refractivity contribution is -0.000781. The number of hydrogen-bond acceptors (Lipinski definition) is 5. The number of H-pyrrole nitrogens is 1. The minimum Gasteiger partial charge on any atom is -0.394 e. The van der Waals surface area contributed by atoms with Gasteiger partial charge in [-0.25, -0.2) is 9.97 Å². The zero-order valence-corrected chi connectivity index (χ0v) is 11.5. The van der Waals surface area contributed by atoms with E-state index in [-0.39, 0.29) is 24.4 Å². The van der Waals surface area contributed by atoms with Gasteiger partial charge >= 0.3 is 0 Å². The van der Waals surface area contributed by atoms with Gasteiger partial charge in [-0.3, -0.25) is 4.79 Å². The molecule has 0 aromatic carbocycles. The molecule has 1 aliphatic heterocycles. The summed E-state index contributed by atoms with van der Waals surface area (Å²) in [4.78, 5) is 22.9. The quantitative estimate of drug-likeness (QED) is 0.837. The van der Waals surface area contributed by atoms with Crippen molar-refractivity contribution in [2.45, 2.75) is 39.0 Å². The summed E-state index contributed by atoms with van der Waals surface area (Å²) in [5.74, 6) is 0.922. The standard InChI is InChI=1S/C13H18N4O3/c1-7-3-9(5-18)20-10(7)4-17-6-14-11-12(17)15-8(2)16-13(11)19/h6-7,9-10,18H,3-5H2,1-2H3,(H,15,16,19)/t7-,9-,10-/m0/s1. The Kier molecular flexibility index (Phi) is 3.31. The summed E-state index contributed by atoms with van der Waals surface area (Å²) in [6.07, 6.45) is 2.38. The van der Waals surface area contributed by atoms with Crippen molar-refractivity contribution in [3.8, 4) is 0 Å². The first-order chi connectivity index (χ1) is 9.58. The normalized spacial score (nSPS) is 26.4. The number of nitrogens with zero attached hydrogens (tertiary/aromatic N) is 3. The monoisotopic (exact) mass is 278 g/mol. The molecule has 20 heavy (non-hydrogen) atoms. The summed E-state index contributed by atoms with van der Waals surface area (Å²) in [5, 5.41) is 9.17. The van der Waals surface area contributed by atoms with Gasteiger partial charge in [0, 0.05) is 0 Å². The van der Waals surface area contributed by atoms with Gasteiger partial charge in [-0.05, 0) is 19.3 Å². The number of fused-ring (bicyclic) bond motifs is 1. The van der Waals surface area contributed by atoms with E-state index in [1.54, 1.807) is 13.3 Å². The first-order valence-electron chi connectivity index (χ1n) is 6.76. The fourth-order valence-electron chi connectivity index (χ4n) is 2.73. The lowest BCUT2D eigenvalue weighted by Gasteiger charge is -2.16. The Morgan fingerprint density at radius 3 is 3.10 bits per heavy atom. The topological polar surface area (TPSA) is 93.0 Å². The number of hydrogen-bond donors (Lipinski definition) is 2. The molecule has 0 bridgehead atoms. The van der Waals surface area contributed by atoms with Gasteiger partial charge in [0.1, 0.15) is 5.82 Å². The molecule has 108 valence electrons. The maximum absolute atomic E-state index is 11.8. The highest BCUT2D eigenvalue weighted by atomic mass is 16.5. The third kappa shape index (κ3) is 2.23. The van der Waals surface area contributed by atoms with Crippen LogP contribution in [0.4, 0.5) is 0 Å². The second-order valence-electron chi connectivity index (χ2n) is 5.41. The van der Waals surface area contributed by atoms with Crippen molar-refractivity contribution in [1.29, 1.82) is 0 Å². The molecule has 0 unspecified atom stereocenters. The summed E-state index contributed by atoms with van der Waals surface area (Å²) in [7, 11) is 0. The van der Waals surface area contributed by atoms with E-state index < -0.39 is 0 Å². The van der Waals surface area contributed by atoms with Crippen LogP contribution >= 0.6 is 0 Å². The summed E-state index contributed by atoms with van der Waals surface area (Å²) in [5.41, 5.74) is 0.703. The van der Waals surface area contributed by atoms with E-state index in [9.17, 15) is 9.90 Å². The minimum absolute atomic E-state index is 0.00550. The second kappa shape index (κ2) is 4.99. The molecular weight excluding hydrogens is 260 g/mol. The van der Waals surface area contributed by atoms with Crippen LogP contribution in [0.5, 0.6) is 0 Å². The van der Waals surface area contributed by atoms with Gasteiger partial charge < -0.3 is 19.4 Å². The number of aryl methyl sites for hydroxylation is 1. The molecule has 3 heterocycles. The average molecular weight is 278 g/mol. The van der Waals surface area contributed by atoms with Gasteiger partial charge in [-0.2, -0.15) is 0 Å². The summed E-state index contributed by atoms with van der Waals surface area (Å²) in [6, 6.07) is 0. The van der Waals surface area contributed by atoms with E-state index in [1.165, 1.54) is 0 Å². The van der Waals surface area contributed by atoms with Gasteiger partial charge in [-0.1, -0.05) is 6.92 Å². The molecule has 1 aliphatic rings. The van der Waals surface area contributed by atoms with E-state index in [4.69, 9.17) is 4.74 Å². The van der Waals surface area contributed by atoms with Crippen molar-refractivity contribution >= 4 is 11.2 Å². The van der Waals surface area contributed by atoms with Crippen LogP contribution in [0.1, 0.15) is 19.2 Å². The largest absolute Gasteiger partial charge is 0.394 e. The van der Waals surface area contributed by atoms with Crippen LogP contribution in [0.15, 0.2) is 11.1 Å². The summed E-state index contributed by atoms with van der Waals surface area (Å²) < 4.78 is 7.64. The number of rotatable bonds is 3. The summed E-state index contributed by atoms with van der Waals surface area (Å²) >= 11 is 0. The maximum atomic E-state index is 11.8. The van der Waals surface area contributed by atoms with Crippen LogP contribution in [-0.4, -0.2) is 43.4 Å². The Morgan fingerprint density at radius 2 is 2.40 bits per heavy atom. The van der Waals surface area contributed by atoms with E-state index in [1.807, 2.05) is 4.57 Å². The van der Waals surface area contributed by atoms with E-state index in [0.717, 1.165) is 6.42 Å². The molecule has 7 nitrogen and oxygen atoms in total. The molecule has 0 saturated carbocycles. The Bertz CT molecular complexity index is 678. The first kappa shape index (κ1) is 13.3. The van der Waals surface area contributed by atoms with E-state index in [0.29, 0.717) is 29.5 Å². The molecular formula is C13H18N4O3. The smallest absolute Gasteiger partial charge is 0.279 e. The fourth-order valence-corrected chi connectivity index (χ4v) is 2.73. The van der Waals surface area contributed by atoms with Crippen molar-refractivity contribution in [1.82, 2.24) is 19.5 Å². The molecule has 2 aromatic heterocycles. The van der Waals surface area contributed by atoms with Crippen molar-refractivity contribution in [3.05, 3.63) is 22.5 Å². The lowest BCUT2D eigenvalue weighted by atomic mass is 10.0. The molecule has 2 N–H and O–H groups in total. The SMILES string of the molecule is Cc1nc2c(ncn2C[C@@H]2O[C@H](CO)C[C@@H]2C)c(=O)[nH]1. The molecule has 0 radical (unpaired) electrons. The second-order valence-corrected chi connectivity index (χ2v) is 5.41. The van der Waals surface area contributed by atoms with Crippen molar-refractivity contribution in [2.75, 3.05) is 6.61 Å². The molecule has 3 atom stereocenters. The zero-order valence-electron chi connectivity index (χ0n) is 11.5. The van der Waals surface area contributed by atoms with E-state index in [2.05, 4.69) is 21.9 Å². The number of imidazole rings is 1. The molecule has 1 fully saturated rings. The van der Waals surface area contributed by atoms with E-state index >= 15 is 0 Å². The number of aliphatic hydroxyl groups is 1. The third-order valence-corrected chi connectivity index (χ3v) is 3.81. The zero-order chi connectivity index (χ0) is 14.3. The van der Waals surface area contributed by atoms with Gasteiger partial charge in [0.05, 0.1) is 31.7 Å². The molecule has 0 aliphatic carbocycles. The number of nitrogens with one attached hydrogen (secondary N) is 1. The molecule has 2 aromatic rings. The van der Waals surface area contributed by atoms with Crippen LogP contribution in [-0.2, 0) is 11.3 Å². The van der Waals surface area contributed by atoms with Gasteiger partial charge in [-0.15, -0.1) is 0 Å². The molecule has 1 saturated heterocycles. The first-order valence-corrected chi connectivity index (χ1v) is 6.76. The maximum Gasteiger partial charge on any atom is 0.279 e. The molecule has 0 spiro atoms. The summed E-state index contributed by atoms with van der Waals surface area (Å²) in [6.45, 7) is 4.48. The van der Waals surface area contributed by atoms with Crippen LogP contribution in [0.3, 0.4) is 0 Å². The fraction of sp³-hybridized carbons (Fsp3) is 0.615. The van der Waals surface area contributed by atoms with Crippen molar-refractivity contribution in [3.63, 3.8) is 0 Å². The molecule has 3 rings (SSSR count). The average Bonchev–Trinajstić information content (AvgIpc) is 2.95. The molecule has 0 amide bonds. The Labute approximate surface area is 115 Å². The highest BCUT2D eigenvalue weighted by Gasteiger charge is 2.32. The minimum atomic E-state index is -0.222. The van der Waals surface area contributed by atoms with Crippen molar-refractivity contribution in [2.24, 2.45) is 5.92 Å². The highest BCUT2D eigenvalue weighted by Crippen LogP contribution is 2.27. The molecule has 7 heteroatoms. The number of ether oxygens (including phenoxy) is 1. The van der Waals surface area contributed by atoms with Crippen LogP contribution in [0.25, 0.3) is 11.2 Å². The van der Waals surface area contributed by atoms with Crippen LogP contribution in [0, 0.1) is 12.8 Å². The Hall–Kier alpha value is -1.73. The van der Waals surface area contributed by atoms with Gasteiger partial charge in [0.15, 0.2) is 11.2 Å². The number of aromatic amines is 1.